The summed E-state index contributed by atoms with van der Waals surface area (Å²) in [5, 5.41) is 16.2. The molecule has 8 nitrogen and oxygen atoms in total. The molecule has 0 spiro atoms. The molecule has 2 unspecified atom stereocenters. The van der Waals surface area contributed by atoms with Crippen molar-refractivity contribution in [3.05, 3.63) is 36.0 Å². The number of carbonyl (C=O) groups is 2. The van der Waals surface area contributed by atoms with Gasteiger partial charge in [0.05, 0.1) is 18.9 Å². The van der Waals surface area contributed by atoms with Crippen molar-refractivity contribution in [2.45, 2.75) is 18.6 Å². The molecule has 0 radical (unpaired) electrons. The number of carboxylic acids is 1. The Balaban J connectivity index is 1.81. The average Bonchev–Trinajstić information content (AvgIpc) is 3.28. The second-order valence-electron chi connectivity index (χ2n) is 5.80. The van der Waals surface area contributed by atoms with Crippen LogP contribution >= 0.6 is 0 Å². The lowest BCUT2D eigenvalue weighted by atomic mass is 10.1. The van der Waals surface area contributed by atoms with Crippen LogP contribution in [-0.4, -0.2) is 65.0 Å². The number of nitrogens with zero attached hydrogens (tertiary/aromatic N) is 2. The number of H-pyrrole nitrogens is 1. The number of aromatic amines is 1. The van der Waals surface area contributed by atoms with Crippen molar-refractivity contribution >= 4 is 11.9 Å². The van der Waals surface area contributed by atoms with Gasteiger partial charge in [0.2, 0.25) is 0 Å². The first-order valence-corrected chi connectivity index (χ1v) is 7.80. The molecular weight excluding hydrogens is 326 g/mol. The van der Waals surface area contributed by atoms with Crippen LogP contribution in [0, 0.1) is 0 Å². The molecule has 3 rings (SSSR count). The van der Waals surface area contributed by atoms with Gasteiger partial charge in [-0.05, 0) is 30.3 Å². The summed E-state index contributed by atoms with van der Waals surface area (Å²) in [5.41, 5.74) is 1.66. The minimum Gasteiger partial charge on any atom is -0.497 e. The third kappa shape index (κ3) is 3.34. The molecule has 1 aromatic carbocycles. The third-order valence-corrected chi connectivity index (χ3v) is 4.34. The van der Waals surface area contributed by atoms with E-state index in [1.807, 2.05) is 12.1 Å². The van der Waals surface area contributed by atoms with E-state index in [1.54, 1.807) is 25.3 Å². The summed E-state index contributed by atoms with van der Waals surface area (Å²) < 4.78 is 10.3. The summed E-state index contributed by atoms with van der Waals surface area (Å²) in [7, 11) is 3.10. The van der Waals surface area contributed by atoms with E-state index in [9.17, 15) is 14.7 Å². The maximum atomic E-state index is 12.7. The van der Waals surface area contributed by atoms with E-state index >= 15 is 0 Å². The molecule has 2 heterocycles. The molecule has 2 N–H and O–H groups in total. The Labute approximate surface area is 144 Å². The van der Waals surface area contributed by atoms with Crippen LogP contribution in [0.5, 0.6) is 5.75 Å². The number of benzene rings is 1. The summed E-state index contributed by atoms with van der Waals surface area (Å²) in [6, 6.07) is 7.99. The van der Waals surface area contributed by atoms with E-state index in [4.69, 9.17) is 9.47 Å². The number of methoxy groups -OCH3 is 2. The van der Waals surface area contributed by atoms with Crippen molar-refractivity contribution in [3.63, 3.8) is 0 Å². The van der Waals surface area contributed by atoms with Crippen LogP contribution in [0.3, 0.4) is 0 Å². The Kier molecular flexibility index (Phi) is 4.71. The molecule has 2 atom stereocenters. The summed E-state index contributed by atoms with van der Waals surface area (Å²) in [6.45, 7) is 0.239. The molecule has 132 valence electrons. The van der Waals surface area contributed by atoms with Gasteiger partial charge in [-0.25, -0.2) is 4.79 Å². The molecule has 25 heavy (non-hydrogen) atoms. The average molecular weight is 345 g/mol. The predicted molar refractivity (Wildman–Crippen MR) is 88.5 cm³/mol. The molecule has 1 amide bonds. The van der Waals surface area contributed by atoms with Crippen molar-refractivity contribution in [3.8, 4) is 17.0 Å². The molecule has 1 aliphatic heterocycles. The van der Waals surface area contributed by atoms with Gasteiger partial charge in [-0.15, -0.1) is 0 Å². The topological polar surface area (TPSA) is 105 Å². The number of aromatic nitrogens is 2. The Hall–Kier alpha value is -2.87. The first-order chi connectivity index (χ1) is 12.0. The lowest BCUT2D eigenvalue weighted by Gasteiger charge is -2.20. The molecule has 1 aromatic heterocycles. The standard InChI is InChI=1S/C17H19N3O5/c1-24-11-5-3-10(4-6-11)13-8-14(19-18-13)16(21)20-9-12(25-2)7-15(20)17(22)23/h3-6,8,12,15H,7,9H2,1-2H3,(H,18,19)(H,22,23). The smallest absolute Gasteiger partial charge is 0.326 e. The highest BCUT2D eigenvalue weighted by Crippen LogP contribution is 2.25. The molecule has 1 aliphatic rings. The van der Waals surface area contributed by atoms with E-state index in [0.29, 0.717) is 5.69 Å². The zero-order chi connectivity index (χ0) is 18.0. The second-order valence-corrected chi connectivity index (χ2v) is 5.80. The van der Waals surface area contributed by atoms with Crippen LogP contribution in [0.2, 0.25) is 0 Å². The van der Waals surface area contributed by atoms with Gasteiger partial charge in [0.15, 0.2) is 0 Å². The van der Waals surface area contributed by atoms with Crippen LogP contribution in [-0.2, 0) is 9.53 Å². The van der Waals surface area contributed by atoms with Crippen molar-refractivity contribution in [1.29, 1.82) is 0 Å². The Morgan fingerprint density at radius 2 is 2.00 bits per heavy atom. The molecule has 1 fully saturated rings. The summed E-state index contributed by atoms with van der Waals surface area (Å²) in [6.07, 6.45) is -0.00846. The monoisotopic (exact) mass is 345 g/mol. The maximum Gasteiger partial charge on any atom is 0.326 e. The molecule has 1 saturated heterocycles. The van der Waals surface area contributed by atoms with Gasteiger partial charge in [-0.2, -0.15) is 5.10 Å². The van der Waals surface area contributed by atoms with Gasteiger partial charge in [0.25, 0.3) is 5.91 Å². The molecule has 0 bridgehead atoms. The maximum absolute atomic E-state index is 12.7. The predicted octanol–water partition coefficient (Wildman–Crippen LogP) is 1.40. The summed E-state index contributed by atoms with van der Waals surface area (Å²) >= 11 is 0. The molecule has 8 heteroatoms. The molecule has 2 aromatic rings. The van der Waals surface area contributed by atoms with Crippen molar-refractivity contribution < 1.29 is 24.2 Å². The number of carboxylic acid groups (broad SMARTS) is 1. The van der Waals surface area contributed by atoms with Gasteiger partial charge in [-0.3, -0.25) is 9.89 Å². The minimum absolute atomic E-state index is 0.239. The first kappa shape index (κ1) is 17.0. The number of nitrogens with one attached hydrogen (secondary N) is 1. The number of hydrogen-bond donors (Lipinski definition) is 2. The Bertz CT molecular complexity index is 771. The van der Waals surface area contributed by atoms with E-state index in [2.05, 4.69) is 10.2 Å². The zero-order valence-corrected chi connectivity index (χ0v) is 13.9. The van der Waals surface area contributed by atoms with Crippen LogP contribution in [0.1, 0.15) is 16.9 Å². The third-order valence-electron chi connectivity index (χ3n) is 4.34. The summed E-state index contributed by atoms with van der Waals surface area (Å²) in [5.74, 6) is -0.718. The van der Waals surface area contributed by atoms with E-state index in [0.717, 1.165) is 11.3 Å². The zero-order valence-electron chi connectivity index (χ0n) is 13.9. The number of likely N-dealkylation sites (tertiary alicyclic amines) is 1. The van der Waals surface area contributed by atoms with E-state index < -0.39 is 17.9 Å². The largest absolute Gasteiger partial charge is 0.497 e. The van der Waals surface area contributed by atoms with Crippen molar-refractivity contribution in [2.75, 3.05) is 20.8 Å². The Morgan fingerprint density at radius 1 is 1.28 bits per heavy atom. The highest BCUT2D eigenvalue weighted by molar-refractivity contribution is 5.96. The van der Waals surface area contributed by atoms with Crippen LogP contribution < -0.4 is 4.74 Å². The van der Waals surface area contributed by atoms with Crippen LogP contribution in [0.25, 0.3) is 11.3 Å². The van der Waals surface area contributed by atoms with Gasteiger partial charge in [0, 0.05) is 25.6 Å². The van der Waals surface area contributed by atoms with E-state index in [-0.39, 0.29) is 24.8 Å². The van der Waals surface area contributed by atoms with E-state index in [1.165, 1.54) is 12.0 Å². The fourth-order valence-corrected chi connectivity index (χ4v) is 2.92. The fraction of sp³-hybridized carbons (Fsp3) is 0.353. The van der Waals surface area contributed by atoms with Crippen molar-refractivity contribution in [2.24, 2.45) is 0 Å². The molecule has 0 saturated carbocycles. The van der Waals surface area contributed by atoms with Gasteiger partial charge in [0.1, 0.15) is 17.5 Å². The Morgan fingerprint density at radius 3 is 2.60 bits per heavy atom. The normalized spacial score (nSPS) is 19.8. The number of hydrogen-bond acceptors (Lipinski definition) is 5. The van der Waals surface area contributed by atoms with Crippen LogP contribution in [0.15, 0.2) is 30.3 Å². The number of aliphatic carboxylic acids is 1. The SMILES string of the molecule is COc1ccc(-c2cc(C(=O)N3CC(OC)CC3C(=O)O)[nH]n2)cc1. The fourth-order valence-electron chi connectivity index (χ4n) is 2.92. The van der Waals surface area contributed by atoms with Crippen LogP contribution in [0.4, 0.5) is 0 Å². The molecule has 0 aliphatic carbocycles. The quantitative estimate of drug-likeness (QED) is 0.849. The van der Waals surface area contributed by atoms with Gasteiger partial charge >= 0.3 is 5.97 Å². The second kappa shape index (κ2) is 6.94. The lowest BCUT2D eigenvalue weighted by Crippen LogP contribution is -2.40. The first-order valence-electron chi connectivity index (χ1n) is 7.80. The van der Waals surface area contributed by atoms with Gasteiger partial charge in [-0.1, -0.05) is 0 Å². The van der Waals surface area contributed by atoms with Crippen molar-refractivity contribution in [1.82, 2.24) is 15.1 Å². The van der Waals surface area contributed by atoms with Gasteiger partial charge < -0.3 is 19.5 Å². The molecular formula is C17H19N3O5. The number of amides is 1. The number of carbonyl (C=O) groups excluding carboxylic acids is 1. The highest BCUT2D eigenvalue weighted by Gasteiger charge is 2.40. The number of rotatable bonds is 5. The number of ether oxygens (including phenoxy) is 2. The highest BCUT2D eigenvalue weighted by atomic mass is 16.5. The lowest BCUT2D eigenvalue weighted by molar-refractivity contribution is -0.141. The minimum atomic E-state index is -1.04. The summed E-state index contributed by atoms with van der Waals surface area (Å²) in [4.78, 5) is 25.4.